The molecule has 2 aromatic rings. The van der Waals surface area contributed by atoms with Crippen molar-refractivity contribution in [3.05, 3.63) is 28.8 Å². The van der Waals surface area contributed by atoms with Gasteiger partial charge in [-0.3, -0.25) is 9.59 Å². The maximum atomic E-state index is 12.1. The highest BCUT2D eigenvalue weighted by Crippen LogP contribution is 2.12. The van der Waals surface area contributed by atoms with Gasteiger partial charge < -0.3 is 9.30 Å². The van der Waals surface area contributed by atoms with E-state index in [1.54, 1.807) is 19.2 Å². The minimum absolute atomic E-state index is 0.104. The quantitative estimate of drug-likeness (QED) is 0.473. The van der Waals surface area contributed by atoms with Crippen LogP contribution >= 0.6 is 11.8 Å². The van der Waals surface area contributed by atoms with E-state index >= 15 is 0 Å². The van der Waals surface area contributed by atoms with Crippen LogP contribution in [0.1, 0.15) is 6.92 Å². The van der Waals surface area contributed by atoms with Gasteiger partial charge >= 0.3 is 5.97 Å². The van der Waals surface area contributed by atoms with Gasteiger partial charge in [0.15, 0.2) is 5.16 Å². The summed E-state index contributed by atoms with van der Waals surface area (Å²) in [5.74, 6) is -0.439. The van der Waals surface area contributed by atoms with Crippen LogP contribution in [0.25, 0.3) is 10.9 Å². The average Bonchev–Trinajstić information content (AvgIpc) is 2.42. The zero-order chi connectivity index (χ0) is 13.8. The molecule has 0 unspecified atom stereocenters. The number of pyridine rings is 1. The summed E-state index contributed by atoms with van der Waals surface area (Å²) >= 11 is 1.41. The molecule has 2 aromatic heterocycles. The van der Waals surface area contributed by atoms with Gasteiger partial charge in [-0.15, -0.1) is 0 Å². The van der Waals surface area contributed by atoms with Crippen LogP contribution in [0.15, 0.2) is 28.4 Å². The number of hydrogen-bond acceptors (Lipinski definition) is 6. The molecule has 100 valence electrons. The van der Waals surface area contributed by atoms with Crippen LogP contribution in [-0.4, -0.2) is 33.4 Å². The molecule has 0 radical (unpaired) electrons. The Labute approximate surface area is 113 Å². The molecule has 19 heavy (non-hydrogen) atoms. The lowest BCUT2D eigenvalue weighted by atomic mass is 10.3. The number of carbonyl (C=O) groups excluding carboxylic acids is 1. The highest BCUT2D eigenvalue weighted by Gasteiger charge is 2.09. The maximum Gasteiger partial charge on any atom is 0.326 e. The van der Waals surface area contributed by atoms with E-state index in [1.807, 2.05) is 6.26 Å². The summed E-state index contributed by atoms with van der Waals surface area (Å²) in [5, 5.41) is 1.000. The third-order valence-electron chi connectivity index (χ3n) is 2.49. The van der Waals surface area contributed by atoms with Crippen LogP contribution < -0.4 is 5.56 Å². The summed E-state index contributed by atoms with van der Waals surface area (Å²) in [5.41, 5.74) is 0.280. The normalized spacial score (nSPS) is 10.6. The molecule has 0 fully saturated rings. The highest BCUT2D eigenvalue weighted by molar-refractivity contribution is 7.98. The van der Waals surface area contributed by atoms with Gasteiger partial charge in [0, 0.05) is 12.4 Å². The lowest BCUT2D eigenvalue weighted by molar-refractivity contribution is -0.143. The Hall–Kier alpha value is -1.89. The van der Waals surface area contributed by atoms with Crippen molar-refractivity contribution in [3.8, 4) is 0 Å². The lowest BCUT2D eigenvalue weighted by Gasteiger charge is -2.06. The molecule has 0 saturated heterocycles. The summed E-state index contributed by atoms with van der Waals surface area (Å²) in [7, 11) is 0. The van der Waals surface area contributed by atoms with Crippen molar-refractivity contribution >= 4 is 28.6 Å². The fourth-order valence-electron chi connectivity index (χ4n) is 1.62. The zero-order valence-electron chi connectivity index (χ0n) is 10.6. The van der Waals surface area contributed by atoms with Gasteiger partial charge in [0.1, 0.15) is 6.54 Å². The number of fused-ring (bicyclic) bond motifs is 1. The predicted molar refractivity (Wildman–Crippen MR) is 72.2 cm³/mol. The minimum Gasteiger partial charge on any atom is -0.465 e. The van der Waals surface area contributed by atoms with Gasteiger partial charge in [-0.1, -0.05) is 11.8 Å². The first kappa shape index (κ1) is 13.5. The highest BCUT2D eigenvalue weighted by atomic mass is 32.2. The summed E-state index contributed by atoms with van der Waals surface area (Å²) in [6.45, 7) is 1.91. The molecule has 0 aliphatic heterocycles. The van der Waals surface area contributed by atoms with Crippen molar-refractivity contribution in [2.24, 2.45) is 0 Å². The van der Waals surface area contributed by atoms with Gasteiger partial charge in [-0.2, -0.15) is 0 Å². The first-order valence-electron chi connectivity index (χ1n) is 5.71. The Morgan fingerprint density at radius 1 is 1.53 bits per heavy atom. The monoisotopic (exact) mass is 279 g/mol. The third kappa shape index (κ3) is 2.93. The lowest BCUT2D eigenvalue weighted by Crippen LogP contribution is -2.25. The van der Waals surface area contributed by atoms with E-state index in [-0.39, 0.29) is 12.1 Å². The molecule has 0 aromatic carbocycles. The second kappa shape index (κ2) is 5.83. The molecule has 0 aliphatic carbocycles. The first-order chi connectivity index (χ1) is 9.15. The van der Waals surface area contributed by atoms with E-state index < -0.39 is 5.97 Å². The fraction of sp³-hybridized carbons (Fsp3) is 0.333. The van der Waals surface area contributed by atoms with E-state index in [0.717, 1.165) is 0 Å². The van der Waals surface area contributed by atoms with Crippen molar-refractivity contribution in [1.82, 2.24) is 14.5 Å². The molecule has 0 aliphatic rings. The number of rotatable bonds is 4. The predicted octanol–water partition coefficient (Wildman–Crippen LogP) is 1.08. The first-order valence-corrected chi connectivity index (χ1v) is 6.94. The summed E-state index contributed by atoms with van der Waals surface area (Å²) in [6, 6.07) is 1.69. The smallest absolute Gasteiger partial charge is 0.326 e. The number of carbonyl (C=O) groups is 1. The molecule has 0 atom stereocenters. The molecule has 6 nitrogen and oxygen atoms in total. The number of aromatic nitrogens is 3. The summed E-state index contributed by atoms with van der Waals surface area (Å²) in [6.07, 6.45) is 4.89. The summed E-state index contributed by atoms with van der Waals surface area (Å²) < 4.78 is 6.11. The maximum absolute atomic E-state index is 12.1. The van der Waals surface area contributed by atoms with Gasteiger partial charge in [-0.05, 0) is 19.2 Å². The van der Waals surface area contributed by atoms with E-state index in [4.69, 9.17) is 4.74 Å². The molecule has 0 saturated carbocycles. The average molecular weight is 279 g/mol. The van der Waals surface area contributed by atoms with E-state index in [2.05, 4.69) is 9.97 Å². The van der Waals surface area contributed by atoms with E-state index in [1.165, 1.54) is 22.5 Å². The second-order valence-corrected chi connectivity index (χ2v) is 4.48. The Morgan fingerprint density at radius 2 is 2.32 bits per heavy atom. The molecule has 0 N–H and O–H groups in total. The second-order valence-electron chi connectivity index (χ2n) is 3.71. The third-order valence-corrected chi connectivity index (χ3v) is 3.05. The van der Waals surface area contributed by atoms with Gasteiger partial charge in [0.05, 0.1) is 17.5 Å². The van der Waals surface area contributed by atoms with Crippen LogP contribution in [0.5, 0.6) is 0 Å². The van der Waals surface area contributed by atoms with Gasteiger partial charge in [0.2, 0.25) is 0 Å². The Bertz CT molecular complexity index is 669. The fourth-order valence-corrected chi connectivity index (χ4v) is 1.97. The molecule has 7 heteroatoms. The molecule has 0 spiro atoms. The number of nitrogens with zero attached hydrogens (tertiary/aromatic N) is 3. The van der Waals surface area contributed by atoms with E-state index in [0.29, 0.717) is 22.7 Å². The van der Waals surface area contributed by atoms with Crippen molar-refractivity contribution in [3.63, 3.8) is 0 Å². The van der Waals surface area contributed by atoms with Crippen LogP contribution in [-0.2, 0) is 16.1 Å². The number of esters is 1. The Balaban J connectivity index is 2.41. The molecule has 0 bridgehead atoms. The van der Waals surface area contributed by atoms with Crippen LogP contribution in [0.2, 0.25) is 0 Å². The van der Waals surface area contributed by atoms with Crippen LogP contribution in [0.4, 0.5) is 0 Å². The minimum atomic E-state index is -0.439. The SMILES string of the molecule is CCOC(=O)Cn1ccc2nc(SC)ncc2c1=O. The number of thioether (sulfide) groups is 1. The van der Waals surface area contributed by atoms with Gasteiger partial charge in [-0.25, -0.2) is 9.97 Å². The van der Waals surface area contributed by atoms with Crippen molar-refractivity contribution in [2.45, 2.75) is 18.6 Å². The Kier molecular flexibility index (Phi) is 4.16. The van der Waals surface area contributed by atoms with Crippen molar-refractivity contribution in [2.75, 3.05) is 12.9 Å². The summed E-state index contributed by atoms with van der Waals surface area (Å²) in [4.78, 5) is 31.8. The topological polar surface area (TPSA) is 74.1 Å². The molecule has 2 heterocycles. The van der Waals surface area contributed by atoms with Crippen molar-refractivity contribution < 1.29 is 9.53 Å². The molecular weight excluding hydrogens is 266 g/mol. The zero-order valence-corrected chi connectivity index (χ0v) is 11.4. The Morgan fingerprint density at radius 3 is 3.00 bits per heavy atom. The van der Waals surface area contributed by atoms with Crippen LogP contribution in [0.3, 0.4) is 0 Å². The largest absolute Gasteiger partial charge is 0.465 e. The van der Waals surface area contributed by atoms with Crippen molar-refractivity contribution in [1.29, 1.82) is 0 Å². The molecule has 0 amide bonds. The molecular formula is C12H13N3O3S. The van der Waals surface area contributed by atoms with Crippen LogP contribution in [0, 0.1) is 0 Å². The standard InChI is InChI=1S/C12H13N3O3S/c1-3-18-10(16)7-15-5-4-9-8(11(15)17)6-13-12(14-9)19-2/h4-6H,3,7H2,1-2H3. The molecule has 2 rings (SSSR count). The number of ether oxygens (including phenoxy) is 1. The number of hydrogen-bond donors (Lipinski definition) is 0. The van der Waals surface area contributed by atoms with Gasteiger partial charge in [0.25, 0.3) is 5.56 Å². The van der Waals surface area contributed by atoms with E-state index in [9.17, 15) is 9.59 Å².